The van der Waals surface area contributed by atoms with Crippen LogP contribution in [0.4, 0.5) is 4.39 Å². The fraction of sp³-hybridized carbons (Fsp3) is 0.500. The lowest BCUT2D eigenvalue weighted by Crippen LogP contribution is -2.42. The van der Waals surface area contributed by atoms with Gasteiger partial charge in [0.1, 0.15) is 29.4 Å². The van der Waals surface area contributed by atoms with Gasteiger partial charge in [-0.15, -0.1) is 0 Å². The first-order valence-corrected chi connectivity index (χ1v) is 18.1. The first-order valence-electron chi connectivity index (χ1n) is 12.6. The molecule has 0 N–H and O–H groups in total. The summed E-state index contributed by atoms with van der Waals surface area (Å²) in [7, 11) is -4.73. The Labute approximate surface area is 221 Å². The van der Waals surface area contributed by atoms with Gasteiger partial charge in [0.25, 0.3) is 0 Å². The van der Waals surface area contributed by atoms with Crippen LogP contribution in [0.25, 0.3) is 28.3 Å². The van der Waals surface area contributed by atoms with Crippen molar-refractivity contribution in [3.63, 3.8) is 0 Å². The number of aromatic nitrogens is 6. The van der Waals surface area contributed by atoms with Crippen molar-refractivity contribution < 1.29 is 17.5 Å². The summed E-state index contributed by atoms with van der Waals surface area (Å²) in [6.45, 7) is 7.93. The summed E-state index contributed by atoms with van der Waals surface area (Å²) in [5.74, 6) is -0.156. The first kappa shape index (κ1) is 26.7. The van der Waals surface area contributed by atoms with Gasteiger partial charge < -0.3 is 4.74 Å². The quantitative estimate of drug-likeness (QED) is 0.240. The minimum atomic E-state index is -3.42. The summed E-state index contributed by atoms with van der Waals surface area (Å²) in [6, 6.07) is 3.44. The Kier molecular flexibility index (Phi) is 7.00. The van der Waals surface area contributed by atoms with E-state index in [9.17, 15) is 17.6 Å². The average Bonchev–Trinajstić information content (AvgIpc) is 3.38. The predicted octanol–water partition coefficient (Wildman–Crippen LogP) is 2.96. The van der Waals surface area contributed by atoms with Crippen molar-refractivity contribution >= 4 is 34.9 Å². The maximum Gasteiger partial charge on any atom is 0.332 e. The Morgan fingerprint density at radius 1 is 1.18 bits per heavy atom. The van der Waals surface area contributed by atoms with Gasteiger partial charge in [-0.3, -0.25) is 13.5 Å². The zero-order valence-corrected chi connectivity index (χ0v) is 23.8. The third-order valence-corrected chi connectivity index (χ3v) is 9.79. The van der Waals surface area contributed by atoms with Crippen molar-refractivity contribution in [3.05, 3.63) is 47.0 Å². The molecular formula is C24H32FN7O4SSi. The highest BCUT2D eigenvalue weighted by atomic mass is 32.2. The molecule has 14 heteroatoms. The Hall–Kier alpha value is -2.94. The van der Waals surface area contributed by atoms with E-state index in [0.717, 1.165) is 6.04 Å². The second kappa shape index (κ2) is 9.98. The van der Waals surface area contributed by atoms with Gasteiger partial charge in [-0.2, -0.15) is 0 Å². The lowest BCUT2D eigenvalue weighted by Gasteiger charge is -2.31. The molecule has 1 saturated heterocycles. The number of hydrogen-bond donors (Lipinski definition) is 0. The van der Waals surface area contributed by atoms with E-state index in [0.29, 0.717) is 48.5 Å². The third kappa shape index (κ3) is 5.30. The predicted molar refractivity (Wildman–Crippen MR) is 145 cm³/mol. The van der Waals surface area contributed by atoms with Crippen molar-refractivity contribution in [2.45, 2.75) is 51.3 Å². The van der Waals surface area contributed by atoms with Gasteiger partial charge in [-0.05, 0) is 31.0 Å². The summed E-state index contributed by atoms with van der Waals surface area (Å²) in [6.07, 6.45) is 6.85. The number of rotatable bonds is 8. The standard InChI is InChI=1S/C24H32FN7O4SSi/c1-37(34,35)29-9-5-6-18(15-29)32-23-20(31(24(32)33)16-36-10-11-38(2,3)4)13-27-22(28-23)19-12-26-21-8-7-17(25)14-30(19)21/h7-8,12-14,18H,5-6,9-11,15-16H2,1-4H3. The van der Waals surface area contributed by atoms with Crippen LogP contribution in [0.1, 0.15) is 18.9 Å². The molecule has 204 valence electrons. The molecule has 4 aromatic rings. The molecule has 0 amide bonds. The summed E-state index contributed by atoms with van der Waals surface area (Å²) >= 11 is 0. The van der Waals surface area contributed by atoms with E-state index >= 15 is 0 Å². The molecule has 5 heterocycles. The van der Waals surface area contributed by atoms with Crippen molar-refractivity contribution in [3.8, 4) is 11.5 Å². The highest BCUT2D eigenvalue weighted by molar-refractivity contribution is 7.88. The summed E-state index contributed by atoms with van der Waals surface area (Å²) in [5, 5.41) is 0. The average molecular weight is 562 g/mol. The van der Waals surface area contributed by atoms with Gasteiger partial charge in [-0.1, -0.05) is 19.6 Å². The summed E-state index contributed by atoms with van der Waals surface area (Å²) < 4.78 is 50.5. The van der Waals surface area contributed by atoms with Crippen LogP contribution in [0.15, 0.2) is 35.5 Å². The van der Waals surface area contributed by atoms with Crippen molar-refractivity contribution in [2.24, 2.45) is 0 Å². The minimum Gasteiger partial charge on any atom is -0.361 e. The van der Waals surface area contributed by atoms with E-state index in [1.165, 1.54) is 27.4 Å². The maximum absolute atomic E-state index is 14.0. The van der Waals surface area contributed by atoms with Crippen LogP contribution in [0.2, 0.25) is 25.7 Å². The number of pyridine rings is 1. The monoisotopic (exact) mass is 561 g/mol. The Morgan fingerprint density at radius 3 is 2.71 bits per heavy atom. The van der Waals surface area contributed by atoms with Crippen molar-refractivity contribution in [1.29, 1.82) is 0 Å². The molecule has 11 nitrogen and oxygen atoms in total. The van der Waals surface area contributed by atoms with Crippen LogP contribution in [0, 0.1) is 5.82 Å². The highest BCUT2D eigenvalue weighted by Crippen LogP contribution is 2.27. The van der Waals surface area contributed by atoms with E-state index < -0.39 is 30.0 Å². The zero-order valence-electron chi connectivity index (χ0n) is 22.0. The fourth-order valence-electron chi connectivity index (χ4n) is 4.72. The number of fused-ring (bicyclic) bond motifs is 2. The fourth-order valence-corrected chi connectivity index (χ4v) is 6.38. The molecule has 0 spiro atoms. The zero-order chi connectivity index (χ0) is 27.2. The van der Waals surface area contributed by atoms with E-state index in [1.54, 1.807) is 27.4 Å². The summed E-state index contributed by atoms with van der Waals surface area (Å²) in [5.41, 5.74) is 1.54. The van der Waals surface area contributed by atoms with E-state index in [4.69, 9.17) is 9.72 Å². The number of ether oxygens (including phenoxy) is 1. The SMILES string of the molecule is C[Si](C)(C)CCOCn1c(=O)n(C2CCCN(S(C)(=O)=O)C2)c2nc(-c3cnc4ccc(F)cn34)ncc21. The normalized spacial score (nSPS) is 17.6. The molecule has 1 aliphatic rings. The molecule has 4 aromatic heterocycles. The molecule has 0 aliphatic carbocycles. The summed E-state index contributed by atoms with van der Waals surface area (Å²) in [4.78, 5) is 27.3. The topological polar surface area (TPSA) is 117 Å². The van der Waals surface area contributed by atoms with Gasteiger partial charge in [0.05, 0.1) is 24.7 Å². The molecule has 0 radical (unpaired) electrons. The molecule has 0 saturated carbocycles. The largest absolute Gasteiger partial charge is 0.361 e. The lowest BCUT2D eigenvalue weighted by atomic mass is 10.1. The highest BCUT2D eigenvalue weighted by Gasteiger charge is 2.31. The van der Waals surface area contributed by atoms with Crippen LogP contribution in [-0.2, 0) is 21.5 Å². The second-order valence-electron chi connectivity index (χ2n) is 11.0. The molecule has 0 aromatic carbocycles. The number of imidazole rings is 2. The first-order chi connectivity index (χ1) is 17.9. The second-order valence-corrected chi connectivity index (χ2v) is 18.6. The number of nitrogens with zero attached hydrogens (tertiary/aromatic N) is 7. The van der Waals surface area contributed by atoms with Crippen LogP contribution < -0.4 is 5.69 Å². The molecule has 0 bridgehead atoms. The molecular weight excluding hydrogens is 529 g/mol. The number of halogens is 1. The van der Waals surface area contributed by atoms with Crippen LogP contribution >= 0.6 is 0 Å². The maximum atomic E-state index is 14.0. The molecule has 38 heavy (non-hydrogen) atoms. The Bertz CT molecular complexity index is 1660. The molecule has 1 unspecified atom stereocenters. The van der Waals surface area contributed by atoms with E-state index in [-0.39, 0.29) is 24.8 Å². The smallest absolute Gasteiger partial charge is 0.332 e. The lowest BCUT2D eigenvalue weighted by molar-refractivity contribution is 0.0866. The molecule has 1 fully saturated rings. The van der Waals surface area contributed by atoms with Gasteiger partial charge in [0.15, 0.2) is 11.5 Å². The van der Waals surface area contributed by atoms with Crippen molar-refractivity contribution in [1.82, 2.24) is 32.8 Å². The Balaban J connectivity index is 1.60. The Morgan fingerprint density at radius 2 is 1.97 bits per heavy atom. The number of sulfonamides is 1. The van der Waals surface area contributed by atoms with E-state index in [1.807, 2.05) is 0 Å². The van der Waals surface area contributed by atoms with Crippen molar-refractivity contribution in [2.75, 3.05) is 26.0 Å². The van der Waals surface area contributed by atoms with Gasteiger partial charge >= 0.3 is 5.69 Å². The van der Waals surface area contributed by atoms with Crippen LogP contribution in [0.3, 0.4) is 0 Å². The third-order valence-electron chi connectivity index (χ3n) is 6.81. The minimum absolute atomic E-state index is 0.0405. The number of piperidine rings is 1. The van der Waals surface area contributed by atoms with Crippen LogP contribution in [-0.4, -0.2) is 75.2 Å². The molecule has 1 atom stereocenters. The molecule has 5 rings (SSSR count). The van der Waals surface area contributed by atoms with Gasteiger partial charge in [0, 0.05) is 34.0 Å². The molecule has 1 aliphatic heterocycles. The van der Waals surface area contributed by atoms with Gasteiger partial charge in [0.2, 0.25) is 10.0 Å². The van der Waals surface area contributed by atoms with Gasteiger partial charge in [-0.25, -0.2) is 36.9 Å². The van der Waals surface area contributed by atoms with E-state index in [2.05, 4.69) is 29.6 Å². The van der Waals surface area contributed by atoms with Crippen LogP contribution in [0.5, 0.6) is 0 Å². The number of hydrogen-bond acceptors (Lipinski definition) is 7.